The molecule has 8 heteroatoms. The first kappa shape index (κ1) is 14.9. The SMILES string of the molecule is CCC(=O)NCc1ccc([N+](=O)[O-])c(C(F)(F)F)c1. The van der Waals surface area contributed by atoms with E-state index in [1.807, 2.05) is 0 Å². The molecule has 0 aliphatic carbocycles. The average molecular weight is 276 g/mol. The van der Waals surface area contributed by atoms with Crippen molar-refractivity contribution in [2.45, 2.75) is 26.1 Å². The normalized spacial score (nSPS) is 11.2. The van der Waals surface area contributed by atoms with Crippen LogP contribution < -0.4 is 5.32 Å². The number of nitro benzene ring substituents is 1. The molecule has 1 N–H and O–H groups in total. The molecule has 19 heavy (non-hydrogen) atoms. The number of nitrogens with one attached hydrogen (secondary N) is 1. The van der Waals surface area contributed by atoms with Gasteiger partial charge in [0.2, 0.25) is 5.91 Å². The lowest BCUT2D eigenvalue weighted by Gasteiger charge is -2.10. The molecule has 0 unspecified atom stereocenters. The topological polar surface area (TPSA) is 72.2 Å². The number of benzene rings is 1. The number of nitro groups is 1. The highest BCUT2D eigenvalue weighted by atomic mass is 19.4. The van der Waals surface area contributed by atoms with Crippen molar-refractivity contribution >= 4 is 11.6 Å². The lowest BCUT2D eigenvalue weighted by atomic mass is 10.1. The Morgan fingerprint density at radius 1 is 1.42 bits per heavy atom. The highest BCUT2D eigenvalue weighted by Crippen LogP contribution is 2.36. The second-order valence-electron chi connectivity index (χ2n) is 3.74. The summed E-state index contributed by atoms with van der Waals surface area (Å²) in [7, 11) is 0. The van der Waals surface area contributed by atoms with Crippen molar-refractivity contribution in [2.75, 3.05) is 0 Å². The van der Waals surface area contributed by atoms with Gasteiger partial charge in [0.05, 0.1) is 4.92 Å². The summed E-state index contributed by atoms with van der Waals surface area (Å²) in [6, 6.07) is 2.65. The third kappa shape index (κ3) is 3.94. The number of amides is 1. The molecule has 0 bridgehead atoms. The number of alkyl halides is 3. The molecular weight excluding hydrogens is 265 g/mol. The molecule has 0 radical (unpaired) electrons. The predicted molar refractivity (Wildman–Crippen MR) is 60.2 cm³/mol. The minimum absolute atomic E-state index is 0.103. The van der Waals surface area contributed by atoms with Crippen molar-refractivity contribution in [3.63, 3.8) is 0 Å². The van der Waals surface area contributed by atoms with Crippen molar-refractivity contribution < 1.29 is 22.9 Å². The number of carbonyl (C=O) groups is 1. The molecule has 0 atom stereocenters. The van der Waals surface area contributed by atoms with Gasteiger partial charge in [0.15, 0.2) is 0 Å². The summed E-state index contributed by atoms with van der Waals surface area (Å²) in [5.74, 6) is -0.313. The van der Waals surface area contributed by atoms with Crippen LogP contribution in [-0.4, -0.2) is 10.8 Å². The highest BCUT2D eigenvalue weighted by molar-refractivity contribution is 5.75. The Labute approximate surface area is 106 Å². The maximum atomic E-state index is 12.7. The molecular formula is C11H11F3N2O3. The van der Waals surface area contributed by atoms with Gasteiger partial charge in [-0.2, -0.15) is 13.2 Å². The van der Waals surface area contributed by atoms with E-state index in [1.165, 1.54) is 6.07 Å². The van der Waals surface area contributed by atoms with Crippen molar-refractivity contribution in [3.05, 3.63) is 39.4 Å². The van der Waals surface area contributed by atoms with Gasteiger partial charge in [-0.25, -0.2) is 0 Å². The van der Waals surface area contributed by atoms with Crippen LogP contribution >= 0.6 is 0 Å². The second kappa shape index (κ2) is 5.68. The number of hydrogen-bond donors (Lipinski definition) is 1. The summed E-state index contributed by atoms with van der Waals surface area (Å²) in [5, 5.41) is 12.9. The smallest absolute Gasteiger partial charge is 0.352 e. The van der Waals surface area contributed by atoms with Crippen LogP contribution in [-0.2, 0) is 17.5 Å². The number of carbonyl (C=O) groups excluding carboxylic acids is 1. The molecule has 0 spiro atoms. The van der Waals surface area contributed by atoms with E-state index in [2.05, 4.69) is 5.32 Å². The molecule has 1 aromatic carbocycles. The summed E-state index contributed by atoms with van der Waals surface area (Å²) in [6.07, 6.45) is -4.60. The largest absolute Gasteiger partial charge is 0.423 e. The summed E-state index contributed by atoms with van der Waals surface area (Å²) < 4.78 is 38.0. The fourth-order valence-electron chi connectivity index (χ4n) is 1.41. The molecule has 1 aromatic rings. The van der Waals surface area contributed by atoms with E-state index >= 15 is 0 Å². The Kier molecular flexibility index (Phi) is 4.47. The van der Waals surface area contributed by atoms with E-state index in [4.69, 9.17) is 0 Å². The molecule has 0 saturated heterocycles. The minimum Gasteiger partial charge on any atom is -0.352 e. The third-order valence-corrected chi connectivity index (χ3v) is 2.37. The molecule has 0 heterocycles. The van der Waals surface area contributed by atoms with E-state index in [9.17, 15) is 28.1 Å². The first-order valence-corrected chi connectivity index (χ1v) is 5.37. The van der Waals surface area contributed by atoms with Gasteiger partial charge in [-0.05, 0) is 11.6 Å². The minimum atomic E-state index is -4.81. The zero-order valence-electron chi connectivity index (χ0n) is 9.95. The van der Waals surface area contributed by atoms with Crippen LogP contribution in [0.1, 0.15) is 24.5 Å². The van der Waals surface area contributed by atoms with Crippen LogP contribution in [0.15, 0.2) is 18.2 Å². The van der Waals surface area contributed by atoms with Crippen LogP contribution in [0.5, 0.6) is 0 Å². The molecule has 0 aliphatic rings. The lowest BCUT2D eigenvalue weighted by molar-refractivity contribution is -0.388. The predicted octanol–water partition coefficient (Wildman–Crippen LogP) is 2.64. The Balaban J connectivity index is 3.05. The molecule has 1 amide bonds. The Hall–Kier alpha value is -2.12. The van der Waals surface area contributed by atoms with Crippen molar-refractivity contribution in [2.24, 2.45) is 0 Å². The van der Waals surface area contributed by atoms with Gasteiger partial charge in [0, 0.05) is 19.0 Å². The van der Waals surface area contributed by atoms with Gasteiger partial charge >= 0.3 is 6.18 Å². The van der Waals surface area contributed by atoms with Gasteiger partial charge in [-0.1, -0.05) is 13.0 Å². The van der Waals surface area contributed by atoms with E-state index in [0.717, 1.165) is 6.07 Å². The van der Waals surface area contributed by atoms with Crippen LogP contribution in [0.2, 0.25) is 0 Å². The van der Waals surface area contributed by atoms with Gasteiger partial charge in [0.1, 0.15) is 5.56 Å². The molecule has 0 aliphatic heterocycles. The maximum absolute atomic E-state index is 12.7. The first-order chi connectivity index (χ1) is 8.75. The standard InChI is InChI=1S/C11H11F3N2O3/c1-2-10(17)15-6-7-3-4-9(16(18)19)8(5-7)11(12,13)14/h3-5H,2,6H2,1H3,(H,15,17). The fourth-order valence-corrected chi connectivity index (χ4v) is 1.41. The molecule has 104 valence electrons. The van der Waals surface area contributed by atoms with Crippen LogP contribution in [0, 0.1) is 10.1 Å². The molecule has 1 rings (SSSR count). The quantitative estimate of drug-likeness (QED) is 0.678. The molecule has 5 nitrogen and oxygen atoms in total. The van der Waals surface area contributed by atoms with Crippen molar-refractivity contribution in [1.29, 1.82) is 0 Å². The van der Waals surface area contributed by atoms with Crippen LogP contribution in [0.25, 0.3) is 0 Å². The maximum Gasteiger partial charge on any atom is 0.423 e. The van der Waals surface area contributed by atoms with Gasteiger partial charge < -0.3 is 5.32 Å². The van der Waals surface area contributed by atoms with Crippen LogP contribution in [0.3, 0.4) is 0 Å². The second-order valence-corrected chi connectivity index (χ2v) is 3.74. The Morgan fingerprint density at radius 3 is 2.53 bits per heavy atom. The summed E-state index contributed by atoms with van der Waals surface area (Å²) in [5.41, 5.74) is -2.17. The number of halogens is 3. The molecule has 0 fully saturated rings. The van der Waals surface area contributed by atoms with E-state index in [1.54, 1.807) is 6.92 Å². The van der Waals surface area contributed by atoms with Crippen molar-refractivity contribution in [1.82, 2.24) is 5.32 Å². The number of hydrogen-bond acceptors (Lipinski definition) is 3. The number of rotatable bonds is 4. The lowest BCUT2D eigenvalue weighted by Crippen LogP contribution is -2.21. The zero-order chi connectivity index (χ0) is 14.6. The van der Waals surface area contributed by atoms with Gasteiger partial charge in [-0.3, -0.25) is 14.9 Å². The van der Waals surface area contributed by atoms with Gasteiger partial charge in [-0.15, -0.1) is 0 Å². The highest BCUT2D eigenvalue weighted by Gasteiger charge is 2.38. The molecule has 0 aromatic heterocycles. The van der Waals surface area contributed by atoms with E-state index < -0.39 is 22.4 Å². The van der Waals surface area contributed by atoms with Crippen LogP contribution in [0.4, 0.5) is 18.9 Å². The van der Waals surface area contributed by atoms with E-state index in [-0.39, 0.29) is 24.4 Å². The first-order valence-electron chi connectivity index (χ1n) is 5.37. The summed E-state index contributed by atoms with van der Waals surface area (Å²) in [6.45, 7) is 1.50. The average Bonchev–Trinajstić information content (AvgIpc) is 2.34. The van der Waals surface area contributed by atoms with Gasteiger partial charge in [0.25, 0.3) is 5.69 Å². The van der Waals surface area contributed by atoms with Crippen molar-refractivity contribution in [3.8, 4) is 0 Å². The molecule has 0 saturated carbocycles. The fraction of sp³-hybridized carbons (Fsp3) is 0.364. The number of nitrogens with zero attached hydrogens (tertiary/aromatic N) is 1. The van der Waals surface area contributed by atoms with E-state index in [0.29, 0.717) is 6.07 Å². The monoisotopic (exact) mass is 276 g/mol. The Bertz CT molecular complexity index is 500. The summed E-state index contributed by atoms with van der Waals surface area (Å²) >= 11 is 0. The summed E-state index contributed by atoms with van der Waals surface area (Å²) in [4.78, 5) is 20.4. The zero-order valence-corrected chi connectivity index (χ0v) is 9.95. The Morgan fingerprint density at radius 2 is 2.05 bits per heavy atom. The third-order valence-electron chi connectivity index (χ3n) is 2.37.